The van der Waals surface area contributed by atoms with Crippen LogP contribution >= 0.6 is 0 Å². The maximum atomic E-state index is 12.6. The number of aliphatic carboxylic acids is 1. The molecular formula is C17H21N3O5S. The summed E-state index contributed by atoms with van der Waals surface area (Å²) in [4.78, 5) is 11.5. The molecule has 0 amide bonds. The zero-order valence-electron chi connectivity index (χ0n) is 14.1. The zero-order valence-corrected chi connectivity index (χ0v) is 14.9. The van der Waals surface area contributed by atoms with Crippen molar-refractivity contribution in [2.24, 2.45) is 0 Å². The fourth-order valence-electron chi connectivity index (χ4n) is 2.89. The van der Waals surface area contributed by atoms with Gasteiger partial charge in [0.15, 0.2) is 0 Å². The summed E-state index contributed by atoms with van der Waals surface area (Å²) in [5.74, 6) is -1.23. The van der Waals surface area contributed by atoms with E-state index in [0.717, 1.165) is 18.4 Å². The molecular weight excluding hydrogens is 358 g/mol. The molecule has 9 heteroatoms. The zero-order chi connectivity index (χ0) is 18.6. The molecule has 3 rings (SSSR count). The van der Waals surface area contributed by atoms with Gasteiger partial charge in [-0.15, -0.1) is 0 Å². The summed E-state index contributed by atoms with van der Waals surface area (Å²) in [6.07, 6.45) is 4.28. The van der Waals surface area contributed by atoms with Crippen molar-refractivity contribution in [3.05, 3.63) is 48.3 Å². The molecule has 1 saturated heterocycles. The molecule has 0 bridgehead atoms. The smallest absolute Gasteiger partial charge is 0.322 e. The highest BCUT2D eigenvalue weighted by molar-refractivity contribution is 7.89. The lowest BCUT2D eigenvalue weighted by Crippen LogP contribution is -2.42. The van der Waals surface area contributed by atoms with E-state index in [1.807, 2.05) is 6.07 Å². The first-order chi connectivity index (χ1) is 12.5. The molecule has 1 aromatic heterocycles. The molecule has 1 aliphatic rings. The summed E-state index contributed by atoms with van der Waals surface area (Å²) >= 11 is 0. The molecule has 0 unspecified atom stereocenters. The monoisotopic (exact) mass is 379 g/mol. The van der Waals surface area contributed by atoms with E-state index in [1.54, 1.807) is 28.9 Å². The van der Waals surface area contributed by atoms with E-state index in [4.69, 9.17) is 4.74 Å². The van der Waals surface area contributed by atoms with E-state index in [2.05, 4.69) is 9.82 Å². The Morgan fingerprint density at radius 2 is 2.00 bits per heavy atom. The van der Waals surface area contributed by atoms with Gasteiger partial charge >= 0.3 is 5.97 Å². The Labute approximate surface area is 151 Å². The van der Waals surface area contributed by atoms with E-state index >= 15 is 0 Å². The molecule has 140 valence electrons. The summed E-state index contributed by atoms with van der Waals surface area (Å²) in [5.41, 5.74) is 0.737. The molecule has 0 saturated carbocycles. The Bertz CT molecular complexity index is 844. The molecule has 0 aliphatic carbocycles. The molecule has 0 radical (unpaired) electrons. The molecule has 1 atom stereocenters. The van der Waals surface area contributed by atoms with Gasteiger partial charge in [-0.1, -0.05) is 30.3 Å². The van der Waals surface area contributed by atoms with Gasteiger partial charge < -0.3 is 9.84 Å². The van der Waals surface area contributed by atoms with Gasteiger partial charge in [-0.05, 0) is 24.8 Å². The molecule has 2 aromatic rings. The summed E-state index contributed by atoms with van der Waals surface area (Å²) in [7, 11) is -3.99. The largest absolute Gasteiger partial charge is 0.480 e. The molecule has 26 heavy (non-hydrogen) atoms. The number of nitrogens with one attached hydrogen (secondary N) is 1. The highest BCUT2D eigenvalue weighted by Crippen LogP contribution is 2.21. The van der Waals surface area contributed by atoms with Crippen LogP contribution in [0.4, 0.5) is 0 Å². The maximum Gasteiger partial charge on any atom is 0.322 e. The third-order valence-corrected chi connectivity index (χ3v) is 5.76. The van der Waals surface area contributed by atoms with Crippen LogP contribution in [-0.4, -0.2) is 48.5 Å². The third kappa shape index (κ3) is 4.48. The van der Waals surface area contributed by atoms with E-state index in [1.165, 1.54) is 12.4 Å². The first-order valence-electron chi connectivity index (χ1n) is 8.36. The minimum Gasteiger partial charge on any atom is -0.480 e. The highest BCUT2D eigenvalue weighted by atomic mass is 32.2. The first kappa shape index (κ1) is 18.6. The number of hydrogen-bond donors (Lipinski definition) is 2. The fourth-order valence-corrected chi connectivity index (χ4v) is 4.02. The van der Waals surface area contributed by atoms with Crippen LogP contribution in [0.5, 0.6) is 0 Å². The van der Waals surface area contributed by atoms with Gasteiger partial charge in [-0.3, -0.25) is 9.48 Å². The molecule has 8 nitrogen and oxygen atoms in total. The number of carboxylic acid groups (broad SMARTS) is 1. The van der Waals surface area contributed by atoms with Gasteiger partial charge in [0, 0.05) is 19.4 Å². The van der Waals surface area contributed by atoms with Gasteiger partial charge in [0.1, 0.15) is 10.9 Å². The van der Waals surface area contributed by atoms with Crippen LogP contribution in [0.1, 0.15) is 24.4 Å². The SMILES string of the molecule is O=C(O)[C@H](Cc1ccccc1)NS(=O)(=O)c1cnn(C2CCOCC2)c1. The quantitative estimate of drug-likeness (QED) is 0.748. The lowest BCUT2D eigenvalue weighted by atomic mass is 10.1. The molecule has 1 aromatic carbocycles. The second kappa shape index (κ2) is 7.98. The Morgan fingerprint density at radius 3 is 2.65 bits per heavy atom. The summed E-state index contributed by atoms with van der Waals surface area (Å²) in [6, 6.07) is 7.72. The number of aromatic nitrogens is 2. The van der Waals surface area contributed by atoms with Crippen LogP contribution in [-0.2, 0) is 26.0 Å². The van der Waals surface area contributed by atoms with Crippen molar-refractivity contribution in [3.63, 3.8) is 0 Å². The maximum absolute atomic E-state index is 12.6. The van der Waals surface area contributed by atoms with Crippen LogP contribution in [0, 0.1) is 0 Å². The minimum atomic E-state index is -3.99. The number of ether oxygens (including phenoxy) is 1. The van der Waals surface area contributed by atoms with Crippen molar-refractivity contribution >= 4 is 16.0 Å². The van der Waals surface area contributed by atoms with Crippen molar-refractivity contribution in [1.29, 1.82) is 0 Å². The molecule has 0 spiro atoms. The lowest BCUT2D eigenvalue weighted by molar-refractivity contribution is -0.138. The first-order valence-corrected chi connectivity index (χ1v) is 9.85. The number of carboxylic acids is 1. The van der Waals surface area contributed by atoms with Crippen LogP contribution < -0.4 is 4.72 Å². The van der Waals surface area contributed by atoms with Crippen molar-refractivity contribution < 1.29 is 23.1 Å². The van der Waals surface area contributed by atoms with E-state index < -0.39 is 22.0 Å². The number of hydrogen-bond acceptors (Lipinski definition) is 5. The van der Waals surface area contributed by atoms with Gasteiger partial charge in [-0.25, -0.2) is 8.42 Å². The van der Waals surface area contributed by atoms with E-state index in [0.29, 0.717) is 13.2 Å². The molecule has 2 N–H and O–H groups in total. The summed E-state index contributed by atoms with van der Waals surface area (Å²) in [5, 5.41) is 13.5. The van der Waals surface area contributed by atoms with Crippen LogP contribution in [0.3, 0.4) is 0 Å². The molecule has 2 heterocycles. The van der Waals surface area contributed by atoms with Gasteiger partial charge in [0.2, 0.25) is 10.0 Å². The Balaban J connectivity index is 1.74. The number of sulfonamides is 1. The number of nitrogens with zero attached hydrogens (tertiary/aromatic N) is 2. The van der Waals surface area contributed by atoms with Crippen molar-refractivity contribution in [1.82, 2.24) is 14.5 Å². The average molecular weight is 379 g/mol. The number of rotatable bonds is 7. The average Bonchev–Trinajstić information content (AvgIpc) is 3.14. The van der Waals surface area contributed by atoms with E-state index in [-0.39, 0.29) is 17.4 Å². The second-order valence-corrected chi connectivity index (χ2v) is 7.92. The topological polar surface area (TPSA) is 111 Å². The van der Waals surface area contributed by atoms with Crippen LogP contribution in [0.15, 0.2) is 47.6 Å². The van der Waals surface area contributed by atoms with Crippen LogP contribution in [0.25, 0.3) is 0 Å². The Hall–Kier alpha value is -2.23. The van der Waals surface area contributed by atoms with Gasteiger partial charge in [-0.2, -0.15) is 9.82 Å². The molecule has 1 fully saturated rings. The van der Waals surface area contributed by atoms with Crippen LogP contribution in [0.2, 0.25) is 0 Å². The standard InChI is InChI=1S/C17H21N3O5S/c21-17(22)16(10-13-4-2-1-3-5-13)19-26(23,24)15-11-18-20(12-15)14-6-8-25-9-7-14/h1-5,11-12,14,16,19H,6-10H2,(H,21,22)/t16-/m0/s1. The highest BCUT2D eigenvalue weighted by Gasteiger charge is 2.27. The molecule has 1 aliphatic heterocycles. The fraction of sp³-hybridized carbons (Fsp3) is 0.412. The number of carbonyl (C=O) groups is 1. The number of benzene rings is 1. The minimum absolute atomic E-state index is 0.0386. The predicted molar refractivity (Wildman–Crippen MR) is 93.2 cm³/mol. The predicted octanol–water partition coefficient (Wildman–Crippen LogP) is 1.21. The summed E-state index contributed by atoms with van der Waals surface area (Å²) < 4.78 is 34.3. The third-order valence-electron chi connectivity index (χ3n) is 4.33. The summed E-state index contributed by atoms with van der Waals surface area (Å²) in [6.45, 7) is 1.23. The Kier molecular flexibility index (Phi) is 5.70. The lowest BCUT2D eigenvalue weighted by Gasteiger charge is -2.22. The van der Waals surface area contributed by atoms with Gasteiger partial charge in [0.05, 0.1) is 12.2 Å². The van der Waals surface area contributed by atoms with Gasteiger partial charge in [0.25, 0.3) is 0 Å². The Morgan fingerprint density at radius 1 is 1.31 bits per heavy atom. The van der Waals surface area contributed by atoms with E-state index in [9.17, 15) is 18.3 Å². The normalized spacial score (nSPS) is 17.1. The van der Waals surface area contributed by atoms with Crippen molar-refractivity contribution in [2.75, 3.05) is 13.2 Å². The second-order valence-electron chi connectivity index (χ2n) is 6.20. The van der Waals surface area contributed by atoms with Crippen molar-refractivity contribution in [3.8, 4) is 0 Å². The van der Waals surface area contributed by atoms with Crippen molar-refractivity contribution in [2.45, 2.75) is 36.2 Å².